The van der Waals surface area contributed by atoms with Gasteiger partial charge in [-0.1, -0.05) is 11.3 Å². The molecule has 3 aromatic rings. The third-order valence-corrected chi connectivity index (χ3v) is 6.06. The fraction of sp³-hybridized carbons (Fsp3) is 0.278. The average molecular weight is 431 g/mol. The Hall–Kier alpha value is -3.05. The van der Waals surface area contributed by atoms with Gasteiger partial charge < -0.3 is 20.0 Å². The van der Waals surface area contributed by atoms with Gasteiger partial charge in [-0.05, 0) is 37.1 Å². The maximum Gasteiger partial charge on any atom is 0.291 e. The Labute approximate surface area is 173 Å². The van der Waals surface area contributed by atoms with E-state index in [9.17, 15) is 14.4 Å². The molecule has 9 nitrogen and oxygen atoms in total. The van der Waals surface area contributed by atoms with Gasteiger partial charge in [-0.2, -0.15) is 0 Å². The van der Waals surface area contributed by atoms with E-state index >= 15 is 0 Å². The number of hydrogen-bond donors (Lipinski definition) is 2. The summed E-state index contributed by atoms with van der Waals surface area (Å²) in [6.07, 6.45) is 2.88. The maximum atomic E-state index is 12.9. The molecular weight excluding hydrogens is 414 g/mol. The van der Waals surface area contributed by atoms with Crippen molar-refractivity contribution in [1.29, 1.82) is 0 Å². The Morgan fingerprint density at radius 2 is 2.10 bits per heavy atom. The molecule has 0 radical (unpaired) electrons. The van der Waals surface area contributed by atoms with Gasteiger partial charge in [0.15, 0.2) is 5.76 Å². The highest BCUT2D eigenvalue weighted by molar-refractivity contribution is 7.18. The van der Waals surface area contributed by atoms with Crippen LogP contribution in [0.4, 0.5) is 10.1 Å². The van der Waals surface area contributed by atoms with Crippen LogP contribution in [0.2, 0.25) is 0 Å². The van der Waals surface area contributed by atoms with Crippen molar-refractivity contribution in [2.45, 2.75) is 12.8 Å². The molecule has 0 bridgehead atoms. The van der Waals surface area contributed by atoms with Gasteiger partial charge >= 0.3 is 0 Å². The minimum Gasteiger partial charge on any atom is -0.459 e. The smallest absolute Gasteiger partial charge is 0.291 e. The molecule has 0 spiro atoms. The van der Waals surface area contributed by atoms with Gasteiger partial charge in [0, 0.05) is 13.1 Å². The zero-order chi connectivity index (χ0) is 20.2. The molecule has 0 unspecified atom stereocenters. The summed E-state index contributed by atoms with van der Waals surface area (Å²) in [5.41, 5.74) is 1.55. The van der Waals surface area contributed by atoms with E-state index in [4.69, 9.17) is 4.42 Å². The van der Waals surface area contributed by atoms with Crippen molar-refractivity contribution in [2.75, 3.05) is 23.7 Å². The number of furan rings is 1. The monoisotopic (exact) mass is 431 g/mol. The zero-order valence-corrected chi connectivity index (χ0v) is 16.8. The Morgan fingerprint density at radius 3 is 2.86 bits per heavy atom. The number of nitrogens with one attached hydrogen (secondary N) is 2. The topological polar surface area (TPSA) is 117 Å². The number of thiophene rings is 1. The van der Waals surface area contributed by atoms with Gasteiger partial charge in [0.1, 0.15) is 5.51 Å². The van der Waals surface area contributed by atoms with Crippen molar-refractivity contribution in [3.8, 4) is 0 Å². The van der Waals surface area contributed by atoms with Crippen molar-refractivity contribution < 1.29 is 18.8 Å². The lowest BCUT2D eigenvalue weighted by molar-refractivity contribution is -0.121. The first-order valence-electron chi connectivity index (χ1n) is 8.91. The minimum atomic E-state index is -0.373. The highest BCUT2D eigenvalue weighted by atomic mass is 32.1. The van der Waals surface area contributed by atoms with Crippen LogP contribution in [0.15, 0.2) is 40.5 Å². The molecular formula is C18H17N5O4S2. The van der Waals surface area contributed by atoms with E-state index in [1.54, 1.807) is 34.7 Å². The fourth-order valence-corrected chi connectivity index (χ4v) is 4.38. The van der Waals surface area contributed by atoms with Gasteiger partial charge in [-0.15, -0.1) is 21.5 Å². The first-order chi connectivity index (χ1) is 14.1. The van der Waals surface area contributed by atoms with Gasteiger partial charge in [-0.3, -0.25) is 14.4 Å². The number of carbonyl (C=O) groups is 3. The summed E-state index contributed by atoms with van der Waals surface area (Å²) < 4.78 is 5.06. The van der Waals surface area contributed by atoms with Crippen LogP contribution >= 0.6 is 22.7 Å². The number of aromatic nitrogens is 2. The van der Waals surface area contributed by atoms with Crippen molar-refractivity contribution >= 4 is 50.5 Å². The lowest BCUT2D eigenvalue weighted by Gasteiger charge is -2.31. The van der Waals surface area contributed by atoms with Crippen LogP contribution in [-0.4, -0.2) is 45.9 Å². The molecule has 4 heterocycles. The number of rotatable bonds is 5. The number of carbonyl (C=O) groups excluding carboxylic acids is 3. The fourth-order valence-electron chi connectivity index (χ4n) is 3.07. The standard InChI is InChI=1S/C18H17N5O4S2/c24-15(21-18-22-19-10-28-18)11-3-1-7-23(9-11)17(26)13-5-6-14(29-13)20-16(25)12-4-2-8-27-12/h2,4-6,8,10-11H,1,3,7,9H2,(H,20,25)(H,21,22,24)/t11-/m0/s1. The summed E-state index contributed by atoms with van der Waals surface area (Å²) in [5, 5.41) is 14.0. The third kappa shape index (κ3) is 4.51. The predicted octanol–water partition coefficient (Wildman–Crippen LogP) is 2.94. The van der Waals surface area contributed by atoms with Crippen LogP contribution in [0.25, 0.3) is 0 Å². The first-order valence-corrected chi connectivity index (χ1v) is 10.6. The highest BCUT2D eigenvalue weighted by Gasteiger charge is 2.30. The zero-order valence-electron chi connectivity index (χ0n) is 15.2. The van der Waals surface area contributed by atoms with E-state index < -0.39 is 0 Å². The van der Waals surface area contributed by atoms with Crippen LogP contribution in [0.3, 0.4) is 0 Å². The van der Waals surface area contributed by atoms with Gasteiger partial charge in [0.2, 0.25) is 11.0 Å². The molecule has 1 aliphatic rings. The van der Waals surface area contributed by atoms with Gasteiger partial charge in [0.05, 0.1) is 22.1 Å². The van der Waals surface area contributed by atoms with Crippen LogP contribution in [0, 0.1) is 5.92 Å². The molecule has 29 heavy (non-hydrogen) atoms. The molecule has 4 rings (SSSR count). The Morgan fingerprint density at radius 1 is 1.21 bits per heavy atom. The molecule has 150 valence electrons. The van der Waals surface area contributed by atoms with Crippen LogP contribution in [0.5, 0.6) is 0 Å². The molecule has 1 atom stereocenters. The van der Waals surface area contributed by atoms with Gasteiger partial charge in [-0.25, -0.2) is 0 Å². The summed E-state index contributed by atoms with van der Waals surface area (Å²) in [7, 11) is 0. The lowest BCUT2D eigenvalue weighted by atomic mass is 9.97. The van der Waals surface area contributed by atoms with E-state index in [0.29, 0.717) is 34.5 Å². The molecule has 1 aliphatic heterocycles. The van der Waals surface area contributed by atoms with Crippen LogP contribution < -0.4 is 10.6 Å². The van der Waals surface area contributed by atoms with E-state index in [-0.39, 0.29) is 29.4 Å². The van der Waals surface area contributed by atoms with Crippen molar-refractivity contribution in [3.63, 3.8) is 0 Å². The van der Waals surface area contributed by atoms with E-state index in [2.05, 4.69) is 20.8 Å². The second kappa shape index (κ2) is 8.53. The number of anilines is 2. The number of hydrogen-bond acceptors (Lipinski definition) is 8. The van der Waals surface area contributed by atoms with E-state index in [1.165, 1.54) is 28.9 Å². The summed E-state index contributed by atoms with van der Waals surface area (Å²) in [4.78, 5) is 39.6. The molecule has 3 aromatic heterocycles. The molecule has 2 N–H and O–H groups in total. The highest BCUT2D eigenvalue weighted by Crippen LogP contribution is 2.26. The largest absolute Gasteiger partial charge is 0.459 e. The minimum absolute atomic E-state index is 0.151. The molecule has 0 aromatic carbocycles. The summed E-state index contributed by atoms with van der Waals surface area (Å²) in [6.45, 7) is 0.933. The molecule has 0 saturated carbocycles. The number of nitrogens with zero attached hydrogens (tertiary/aromatic N) is 3. The second-order valence-electron chi connectivity index (χ2n) is 6.42. The number of piperidine rings is 1. The second-order valence-corrected chi connectivity index (χ2v) is 8.34. The van der Waals surface area contributed by atoms with E-state index in [1.807, 2.05) is 0 Å². The molecule has 1 saturated heterocycles. The third-order valence-electron chi connectivity index (χ3n) is 4.47. The van der Waals surface area contributed by atoms with Gasteiger partial charge in [0.25, 0.3) is 11.8 Å². The van der Waals surface area contributed by atoms with Crippen LogP contribution in [-0.2, 0) is 4.79 Å². The maximum absolute atomic E-state index is 12.9. The quantitative estimate of drug-likeness (QED) is 0.641. The van der Waals surface area contributed by atoms with Crippen LogP contribution in [0.1, 0.15) is 33.1 Å². The Balaban J connectivity index is 1.37. The lowest BCUT2D eigenvalue weighted by Crippen LogP contribution is -2.43. The summed E-state index contributed by atoms with van der Waals surface area (Å²) in [6, 6.07) is 6.56. The summed E-state index contributed by atoms with van der Waals surface area (Å²) >= 11 is 2.44. The SMILES string of the molecule is O=C(Nc1ccc(C(=O)N2CCC[C@H](C(=O)Nc3nncs3)C2)s1)c1ccco1. The summed E-state index contributed by atoms with van der Waals surface area (Å²) in [5.74, 6) is -0.776. The Kier molecular flexibility index (Phi) is 5.67. The number of likely N-dealkylation sites (tertiary alicyclic amines) is 1. The number of amides is 3. The first kappa shape index (κ1) is 19.3. The predicted molar refractivity (Wildman–Crippen MR) is 108 cm³/mol. The molecule has 1 fully saturated rings. The Bertz CT molecular complexity index is 1000. The van der Waals surface area contributed by atoms with Crippen molar-refractivity contribution in [3.05, 3.63) is 46.7 Å². The molecule has 3 amide bonds. The van der Waals surface area contributed by atoms with E-state index in [0.717, 1.165) is 6.42 Å². The van der Waals surface area contributed by atoms with Crippen molar-refractivity contribution in [2.24, 2.45) is 5.92 Å². The molecule has 11 heteroatoms. The molecule has 0 aliphatic carbocycles. The van der Waals surface area contributed by atoms with Crippen molar-refractivity contribution in [1.82, 2.24) is 15.1 Å². The normalized spacial score (nSPS) is 16.4. The average Bonchev–Trinajstić information content (AvgIpc) is 3.50.